The van der Waals surface area contributed by atoms with Gasteiger partial charge in [0.25, 0.3) is 5.91 Å². The topological polar surface area (TPSA) is 102 Å². The summed E-state index contributed by atoms with van der Waals surface area (Å²) >= 11 is 12.0. The van der Waals surface area contributed by atoms with E-state index in [-0.39, 0.29) is 13.2 Å². The monoisotopic (exact) mass is 657 g/mol. The molecule has 3 aromatic rings. The number of likely N-dealkylation sites (N-methyl/N-ethyl adjacent to an activating group) is 1. The van der Waals surface area contributed by atoms with Crippen molar-refractivity contribution in [2.75, 3.05) is 33.4 Å². The third-order valence-electron chi connectivity index (χ3n) is 7.16. The molecule has 0 aliphatic rings. The first-order valence-corrected chi connectivity index (χ1v) is 15.9. The summed E-state index contributed by atoms with van der Waals surface area (Å²) in [6.45, 7) is 1.68. The van der Waals surface area contributed by atoms with Crippen LogP contribution in [0.1, 0.15) is 50.2 Å². The van der Waals surface area contributed by atoms with Crippen LogP contribution in [0.15, 0.2) is 66.7 Å². The summed E-state index contributed by atoms with van der Waals surface area (Å²) in [6.07, 6.45) is 5.35. The van der Waals surface area contributed by atoms with Gasteiger partial charge in [-0.2, -0.15) is 0 Å². The van der Waals surface area contributed by atoms with Crippen LogP contribution in [0, 0.1) is 0 Å². The van der Waals surface area contributed by atoms with Gasteiger partial charge in [0, 0.05) is 20.2 Å². The number of halogens is 2. The molecular weight excluding hydrogens is 617 g/mol. The van der Waals surface area contributed by atoms with Gasteiger partial charge in [0.2, 0.25) is 0 Å². The molecule has 0 fully saturated rings. The van der Waals surface area contributed by atoms with E-state index in [4.69, 9.17) is 37.4 Å². The lowest BCUT2D eigenvalue weighted by Gasteiger charge is -2.28. The fourth-order valence-corrected chi connectivity index (χ4v) is 5.07. The predicted molar refractivity (Wildman–Crippen MR) is 178 cm³/mol. The number of amides is 1. The Balaban J connectivity index is 1.53. The van der Waals surface area contributed by atoms with Crippen molar-refractivity contribution in [3.8, 4) is 0 Å². The fourth-order valence-electron chi connectivity index (χ4n) is 4.76. The van der Waals surface area contributed by atoms with Crippen molar-refractivity contribution in [2.45, 2.75) is 57.7 Å². The van der Waals surface area contributed by atoms with Gasteiger partial charge in [-0.25, -0.2) is 9.59 Å². The van der Waals surface area contributed by atoms with E-state index in [0.29, 0.717) is 29.4 Å². The second-order valence-corrected chi connectivity index (χ2v) is 11.5. The highest BCUT2D eigenvalue weighted by molar-refractivity contribution is 6.42. The van der Waals surface area contributed by atoms with Gasteiger partial charge in [-0.15, -0.1) is 0 Å². The summed E-state index contributed by atoms with van der Waals surface area (Å²) in [5.41, 5.74) is 2.15. The van der Waals surface area contributed by atoms with Gasteiger partial charge in [-0.1, -0.05) is 90.3 Å². The summed E-state index contributed by atoms with van der Waals surface area (Å²) < 4.78 is 16.0. The first-order chi connectivity index (χ1) is 21.7. The minimum atomic E-state index is -1.68. The lowest BCUT2D eigenvalue weighted by atomic mass is 10.0. The molecule has 0 unspecified atom stereocenters. The standard InChI is InChI=1S/C35H41Cl2NO7/c1-3-43-31(39)24-45-33(35(41)42)32(44-21-11-5-7-13-26-17-19-29(36)30(37)23-26)34(40)38(2)20-10-4-6-12-25-16-18-27-14-8-9-15-28(27)22-25/h7-9,13-19,22-23,32-33H,3-6,10-12,20-21,24H2,1-2H3,(H,41,42)/t32-,33-/m1/s1. The smallest absolute Gasteiger partial charge is 0.336 e. The number of ether oxygens (including phenoxy) is 3. The van der Waals surface area contributed by atoms with Crippen LogP contribution in [0.25, 0.3) is 16.8 Å². The van der Waals surface area contributed by atoms with Crippen molar-refractivity contribution in [3.63, 3.8) is 0 Å². The molecule has 0 saturated heterocycles. The van der Waals surface area contributed by atoms with Gasteiger partial charge < -0.3 is 24.2 Å². The zero-order valence-corrected chi connectivity index (χ0v) is 27.3. The van der Waals surface area contributed by atoms with Crippen molar-refractivity contribution in [2.24, 2.45) is 0 Å². The first-order valence-electron chi connectivity index (χ1n) is 15.2. The van der Waals surface area contributed by atoms with E-state index >= 15 is 0 Å². The van der Waals surface area contributed by atoms with Crippen LogP contribution in [-0.4, -0.2) is 73.5 Å². The van der Waals surface area contributed by atoms with Gasteiger partial charge in [0.15, 0.2) is 12.2 Å². The molecule has 1 N–H and O–H groups in total. The summed E-state index contributed by atoms with van der Waals surface area (Å²) in [7, 11) is 1.62. The van der Waals surface area contributed by atoms with Crippen LogP contribution in [0.3, 0.4) is 0 Å². The lowest BCUT2D eigenvalue weighted by molar-refractivity contribution is -0.177. The number of benzene rings is 3. The lowest BCUT2D eigenvalue weighted by Crippen LogP contribution is -2.50. The Morgan fingerprint density at radius 1 is 0.889 bits per heavy atom. The molecule has 1 amide bonds. The van der Waals surface area contributed by atoms with Crippen LogP contribution in [0.5, 0.6) is 0 Å². The predicted octanol–water partition coefficient (Wildman–Crippen LogP) is 7.23. The van der Waals surface area contributed by atoms with E-state index in [0.717, 1.165) is 31.2 Å². The number of carbonyl (C=O) groups excluding carboxylic acids is 2. The zero-order valence-electron chi connectivity index (χ0n) is 25.8. The van der Waals surface area contributed by atoms with Crippen molar-refractivity contribution in [3.05, 3.63) is 87.9 Å². The van der Waals surface area contributed by atoms with E-state index in [1.165, 1.54) is 21.2 Å². The van der Waals surface area contributed by atoms with Crippen molar-refractivity contribution >= 4 is 57.9 Å². The molecule has 0 radical (unpaired) electrons. The molecule has 45 heavy (non-hydrogen) atoms. The number of hydrogen-bond acceptors (Lipinski definition) is 6. The number of esters is 1. The van der Waals surface area contributed by atoms with Gasteiger partial charge in [-0.05, 0) is 73.1 Å². The maximum atomic E-state index is 13.4. The highest BCUT2D eigenvalue weighted by Crippen LogP contribution is 2.23. The molecule has 0 aromatic heterocycles. The Hall–Kier alpha value is -3.43. The molecule has 242 valence electrons. The molecule has 0 bridgehead atoms. The minimum absolute atomic E-state index is 0.105. The molecule has 8 nitrogen and oxygen atoms in total. The second kappa shape index (κ2) is 19.2. The van der Waals surface area contributed by atoms with E-state index in [2.05, 4.69) is 30.3 Å². The van der Waals surface area contributed by atoms with E-state index in [1.807, 2.05) is 30.4 Å². The third kappa shape index (κ3) is 12.1. The van der Waals surface area contributed by atoms with Crippen LogP contribution in [0.2, 0.25) is 10.0 Å². The molecule has 2 atom stereocenters. The van der Waals surface area contributed by atoms with E-state index in [9.17, 15) is 19.5 Å². The first kappa shape index (κ1) is 36.0. The van der Waals surface area contributed by atoms with E-state index < -0.39 is 36.7 Å². The summed E-state index contributed by atoms with van der Waals surface area (Å²) in [5, 5.41) is 13.2. The number of rotatable bonds is 19. The number of aryl methyl sites for hydroxylation is 1. The molecule has 0 saturated carbocycles. The van der Waals surface area contributed by atoms with Crippen molar-refractivity contribution < 1.29 is 33.7 Å². The number of fused-ring (bicyclic) bond motifs is 1. The van der Waals surface area contributed by atoms with Crippen molar-refractivity contribution in [1.29, 1.82) is 0 Å². The van der Waals surface area contributed by atoms with Gasteiger partial charge >= 0.3 is 11.9 Å². The Labute approximate surface area is 274 Å². The maximum absolute atomic E-state index is 13.4. The third-order valence-corrected chi connectivity index (χ3v) is 7.90. The second-order valence-electron chi connectivity index (χ2n) is 10.6. The average Bonchev–Trinajstić information content (AvgIpc) is 3.02. The molecular formula is C35H41Cl2NO7. The molecule has 0 heterocycles. The number of allylic oxidation sites excluding steroid dienone is 1. The molecule has 3 rings (SSSR count). The minimum Gasteiger partial charge on any atom is -0.479 e. The number of carboxylic acids is 1. The molecule has 3 aromatic carbocycles. The fraction of sp³-hybridized carbons (Fsp3) is 0.400. The van der Waals surface area contributed by atoms with Gasteiger partial charge in [-0.3, -0.25) is 4.79 Å². The highest BCUT2D eigenvalue weighted by atomic mass is 35.5. The Kier molecular flexibility index (Phi) is 15.4. The molecule has 0 spiro atoms. The zero-order chi connectivity index (χ0) is 32.6. The van der Waals surface area contributed by atoms with Crippen LogP contribution < -0.4 is 0 Å². The Bertz CT molecular complexity index is 1440. The quantitative estimate of drug-likeness (QED) is 0.107. The number of carbonyl (C=O) groups is 3. The molecule has 0 aliphatic carbocycles. The molecule has 10 heteroatoms. The number of aliphatic carboxylic acids is 1. The number of unbranched alkanes of at least 4 members (excludes halogenated alkanes) is 3. The summed E-state index contributed by atoms with van der Waals surface area (Å²) in [6, 6.07) is 20.0. The van der Waals surface area contributed by atoms with Gasteiger partial charge in [0.05, 0.1) is 16.7 Å². The summed E-state index contributed by atoms with van der Waals surface area (Å²) in [4.78, 5) is 38.9. The highest BCUT2D eigenvalue weighted by Gasteiger charge is 2.38. The Morgan fingerprint density at radius 2 is 1.67 bits per heavy atom. The van der Waals surface area contributed by atoms with Crippen LogP contribution >= 0.6 is 23.2 Å². The molecule has 0 aliphatic heterocycles. The summed E-state index contributed by atoms with van der Waals surface area (Å²) in [5.74, 6) is -2.64. The number of hydrogen-bond donors (Lipinski definition) is 1. The SMILES string of the molecule is CCOC(=O)CO[C@@H](C(=O)O)[C@@H](OCCCC=Cc1ccc(Cl)c(Cl)c1)C(=O)N(C)CCCCCc1ccc2ccccc2c1. The van der Waals surface area contributed by atoms with Crippen molar-refractivity contribution in [1.82, 2.24) is 4.90 Å². The largest absolute Gasteiger partial charge is 0.479 e. The number of nitrogens with zero attached hydrogens (tertiary/aromatic N) is 1. The van der Waals surface area contributed by atoms with Crippen LogP contribution in [0.4, 0.5) is 0 Å². The van der Waals surface area contributed by atoms with Gasteiger partial charge in [0.1, 0.15) is 6.61 Å². The van der Waals surface area contributed by atoms with E-state index in [1.54, 1.807) is 26.1 Å². The average molecular weight is 659 g/mol. The maximum Gasteiger partial charge on any atom is 0.336 e. The number of carboxylic acid groups (broad SMARTS) is 1. The Morgan fingerprint density at radius 3 is 2.40 bits per heavy atom. The van der Waals surface area contributed by atoms with Crippen LogP contribution in [-0.2, 0) is 35.0 Å². The normalized spacial score (nSPS) is 12.7.